The van der Waals surface area contributed by atoms with E-state index in [-0.39, 0.29) is 34.6 Å². The fourth-order valence-electron chi connectivity index (χ4n) is 9.30. The van der Waals surface area contributed by atoms with Crippen molar-refractivity contribution in [1.82, 2.24) is 10.6 Å². The molecule has 4 nitrogen and oxygen atoms in total. The Morgan fingerprint density at radius 1 is 0.921 bits per heavy atom. The summed E-state index contributed by atoms with van der Waals surface area (Å²) in [5.41, 5.74) is 3.97. The average Bonchev–Trinajstić information content (AvgIpc) is 3.28. The highest BCUT2D eigenvalue weighted by Crippen LogP contribution is 2.65. The van der Waals surface area contributed by atoms with Gasteiger partial charge in [-0.25, -0.2) is 0 Å². The molecule has 1 aliphatic heterocycles. The fraction of sp³-hybridized carbons (Fsp3) is 0.588. The minimum atomic E-state index is -0.0226. The van der Waals surface area contributed by atoms with E-state index in [4.69, 9.17) is 0 Å². The Morgan fingerprint density at radius 3 is 2.42 bits per heavy atom. The second-order valence-corrected chi connectivity index (χ2v) is 13.4. The molecule has 2 unspecified atom stereocenters. The molecule has 0 radical (unpaired) electrons. The van der Waals surface area contributed by atoms with Crippen LogP contribution in [0.2, 0.25) is 0 Å². The van der Waals surface area contributed by atoms with Gasteiger partial charge < -0.3 is 10.6 Å². The van der Waals surface area contributed by atoms with Crippen molar-refractivity contribution >= 4 is 11.8 Å². The first kappa shape index (κ1) is 25.6. The van der Waals surface area contributed by atoms with Crippen LogP contribution in [0.25, 0.3) is 0 Å². The van der Waals surface area contributed by atoms with E-state index in [9.17, 15) is 9.59 Å². The number of fused-ring (bicyclic) bond motifs is 5. The molecule has 4 aliphatic rings. The first-order valence-electron chi connectivity index (χ1n) is 15.0. The molecule has 0 aromatic heterocycles. The van der Waals surface area contributed by atoms with E-state index >= 15 is 0 Å². The van der Waals surface area contributed by atoms with Crippen molar-refractivity contribution in [2.24, 2.45) is 34.5 Å². The number of rotatable bonds is 5. The predicted molar refractivity (Wildman–Crippen MR) is 151 cm³/mol. The minimum absolute atomic E-state index is 0.0226. The van der Waals surface area contributed by atoms with Gasteiger partial charge in [-0.05, 0) is 98.0 Å². The number of amides is 2. The van der Waals surface area contributed by atoms with E-state index in [1.54, 1.807) is 0 Å². The summed E-state index contributed by atoms with van der Waals surface area (Å²) in [4.78, 5) is 26.2. The van der Waals surface area contributed by atoms with Crippen molar-refractivity contribution in [3.63, 3.8) is 0 Å². The molecule has 202 valence electrons. The molecule has 8 atom stereocenters. The highest BCUT2D eigenvalue weighted by molar-refractivity contribution is 5.80. The Hall–Kier alpha value is -2.62. The molecule has 4 heteroatoms. The van der Waals surface area contributed by atoms with Crippen molar-refractivity contribution in [1.29, 1.82) is 0 Å². The van der Waals surface area contributed by atoms with Gasteiger partial charge in [0.1, 0.15) is 0 Å². The van der Waals surface area contributed by atoms with Gasteiger partial charge in [0.25, 0.3) is 0 Å². The largest absolute Gasteiger partial charge is 0.353 e. The van der Waals surface area contributed by atoms with Gasteiger partial charge in [0.2, 0.25) is 11.8 Å². The molecule has 1 heterocycles. The summed E-state index contributed by atoms with van der Waals surface area (Å²) < 4.78 is 0. The molecule has 0 spiro atoms. The molecule has 2 N–H and O–H groups in total. The van der Waals surface area contributed by atoms with Crippen LogP contribution in [-0.4, -0.2) is 17.9 Å². The van der Waals surface area contributed by atoms with Gasteiger partial charge in [-0.2, -0.15) is 0 Å². The second-order valence-electron chi connectivity index (χ2n) is 13.4. The summed E-state index contributed by atoms with van der Waals surface area (Å²) in [6.07, 6.45) is 9.27. The standard InChI is InChI=1S/C34H44N2O2/c1-22-9-11-23(12-10-22)21-29(24-7-5-4-6-8-24)35-32(38)28-15-14-26-25-13-16-30-34(3,20-18-31(37)36-30)27(25)17-19-33(26,28)2/h4-12,25-30H,13-21H2,1-3H3,(H,35,38)(H,36,37)/t25-,26-,27+,28?,29+,30?,33-,34+/m0/s1. The van der Waals surface area contributed by atoms with Gasteiger partial charge in [-0.3, -0.25) is 9.59 Å². The van der Waals surface area contributed by atoms with Crippen LogP contribution in [0.15, 0.2) is 54.6 Å². The summed E-state index contributed by atoms with van der Waals surface area (Å²) in [5.74, 6) is 2.52. The lowest BCUT2D eigenvalue weighted by Crippen LogP contribution is -2.61. The first-order chi connectivity index (χ1) is 18.3. The summed E-state index contributed by atoms with van der Waals surface area (Å²) in [6, 6.07) is 19.5. The Balaban J connectivity index is 1.20. The molecule has 38 heavy (non-hydrogen) atoms. The van der Waals surface area contributed by atoms with Gasteiger partial charge in [0, 0.05) is 18.4 Å². The van der Waals surface area contributed by atoms with Crippen LogP contribution in [0.3, 0.4) is 0 Å². The van der Waals surface area contributed by atoms with Crippen molar-refractivity contribution < 1.29 is 9.59 Å². The van der Waals surface area contributed by atoms with Crippen LogP contribution >= 0.6 is 0 Å². The van der Waals surface area contributed by atoms with Crippen LogP contribution < -0.4 is 10.6 Å². The van der Waals surface area contributed by atoms with E-state index in [2.05, 4.69) is 79.9 Å². The molecular formula is C34H44N2O2. The Bertz CT molecular complexity index is 1180. The van der Waals surface area contributed by atoms with Gasteiger partial charge in [-0.15, -0.1) is 0 Å². The van der Waals surface area contributed by atoms with Crippen LogP contribution in [0.1, 0.15) is 87.9 Å². The molecule has 2 amide bonds. The van der Waals surface area contributed by atoms with Gasteiger partial charge in [0.05, 0.1) is 6.04 Å². The van der Waals surface area contributed by atoms with Gasteiger partial charge in [0.15, 0.2) is 0 Å². The SMILES string of the molecule is Cc1ccc(C[C@@H](NC(=O)C2CC[C@H]3[C@@H]4CCC5NC(=O)CC[C@]5(C)[C@@H]4CC[C@]23C)c2ccccc2)cc1. The van der Waals surface area contributed by atoms with Crippen molar-refractivity contribution in [2.75, 3.05) is 0 Å². The lowest BCUT2D eigenvalue weighted by Gasteiger charge is -2.60. The molecule has 1 saturated heterocycles. The summed E-state index contributed by atoms with van der Waals surface area (Å²) in [5, 5.41) is 6.88. The van der Waals surface area contributed by atoms with Crippen LogP contribution in [0, 0.1) is 41.4 Å². The maximum absolute atomic E-state index is 14.1. The summed E-state index contributed by atoms with van der Waals surface area (Å²) in [7, 11) is 0. The molecular weight excluding hydrogens is 468 g/mol. The lowest BCUT2D eigenvalue weighted by atomic mass is 9.47. The Kier molecular flexibility index (Phi) is 6.64. The molecule has 0 bridgehead atoms. The third-order valence-electron chi connectivity index (χ3n) is 11.5. The van der Waals surface area contributed by atoms with E-state index < -0.39 is 0 Å². The summed E-state index contributed by atoms with van der Waals surface area (Å²) >= 11 is 0. The van der Waals surface area contributed by atoms with E-state index in [1.165, 1.54) is 29.5 Å². The van der Waals surface area contributed by atoms with Crippen LogP contribution in [0.5, 0.6) is 0 Å². The normalized spacial score (nSPS) is 36.8. The maximum atomic E-state index is 14.1. The molecule has 3 saturated carbocycles. The highest BCUT2D eigenvalue weighted by Gasteiger charge is 2.61. The Morgan fingerprint density at radius 2 is 1.66 bits per heavy atom. The fourth-order valence-corrected chi connectivity index (χ4v) is 9.30. The zero-order chi connectivity index (χ0) is 26.5. The van der Waals surface area contributed by atoms with Gasteiger partial charge in [-0.1, -0.05) is 74.0 Å². The maximum Gasteiger partial charge on any atom is 0.224 e. The molecule has 4 fully saturated rings. The third-order valence-corrected chi connectivity index (χ3v) is 11.5. The van der Waals surface area contributed by atoms with E-state index in [0.29, 0.717) is 30.2 Å². The number of piperidine rings is 1. The number of hydrogen-bond acceptors (Lipinski definition) is 2. The van der Waals surface area contributed by atoms with Crippen molar-refractivity contribution in [3.05, 3.63) is 71.3 Å². The molecule has 3 aliphatic carbocycles. The smallest absolute Gasteiger partial charge is 0.224 e. The number of carbonyl (C=O) groups is 2. The second kappa shape index (κ2) is 9.84. The highest BCUT2D eigenvalue weighted by atomic mass is 16.2. The van der Waals surface area contributed by atoms with E-state index in [1.807, 2.05) is 6.07 Å². The lowest BCUT2D eigenvalue weighted by molar-refractivity contribution is -0.142. The number of hydrogen-bond donors (Lipinski definition) is 2. The Labute approximate surface area is 228 Å². The minimum Gasteiger partial charge on any atom is -0.353 e. The monoisotopic (exact) mass is 512 g/mol. The first-order valence-corrected chi connectivity index (χ1v) is 15.0. The molecule has 2 aromatic rings. The van der Waals surface area contributed by atoms with Crippen LogP contribution in [-0.2, 0) is 16.0 Å². The van der Waals surface area contributed by atoms with Crippen LogP contribution in [0.4, 0.5) is 0 Å². The third kappa shape index (κ3) is 4.38. The predicted octanol–water partition coefficient (Wildman–Crippen LogP) is 6.53. The number of benzene rings is 2. The number of nitrogens with one attached hydrogen (secondary N) is 2. The number of aryl methyl sites for hydroxylation is 1. The quantitative estimate of drug-likeness (QED) is 0.478. The van der Waals surface area contributed by atoms with Crippen molar-refractivity contribution in [3.8, 4) is 0 Å². The van der Waals surface area contributed by atoms with E-state index in [0.717, 1.165) is 38.5 Å². The topological polar surface area (TPSA) is 58.2 Å². The van der Waals surface area contributed by atoms with Crippen molar-refractivity contribution in [2.45, 2.75) is 90.6 Å². The average molecular weight is 513 g/mol. The molecule has 6 rings (SSSR count). The summed E-state index contributed by atoms with van der Waals surface area (Å²) in [6.45, 7) is 6.99. The van der Waals surface area contributed by atoms with Gasteiger partial charge >= 0.3 is 0 Å². The zero-order valence-corrected chi connectivity index (χ0v) is 23.3. The zero-order valence-electron chi connectivity index (χ0n) is 23.3. The number of carbonyl (C=O) groups excluding carboxylic acids is 2. The molecule has 2 aromatic carbocycles.